The van der Waals surface area contributed by atoms with Crippen molar-refractivity contribution in [2.75, 3.05) is 6.61 Å². The molecule has 0 bridgehead atoms. The van der Waals surface area contributed by atoms with E-state index in [9.17, 15) is 4.79 Å². The van der Waals surface area contributed by atoms with Crippen molar-refractivity contribution < 1.29 is 14.7 Å². The van der Waals surface area contributed by atoms with Crippen LogP contribution in [0.4, 0.5) is 4.79 Å². The van der Waals surface area contributed by atoms with Crippen LogP contribution in [0.25, 0.3) is 0 Å². The summed E-state index contributed by atoms with van der Waals surface area (Å²) >= 11 is 0. The smallest absolute Gasteiger partial charge is 0.338 e. The molecule has 0 spiro atoms. The summed E-state index contributed by atoms with van der Waals surface area (Å²) in [5, 5.41) is 11.7. The summed E-state index contributed by atoms with van der Waals surface area (Å²) in [5.74, 6) is 0.291. The maximum atomic E-state index is 11.6. The van der Waals surface area contributed by atoms with Crippen molar-refractivity contribution in [3.05, 3.63) is 0 Å². The first-order valence-electron chi connectivity index (χ1n) is 6.46. The molecule has 1 aliphatic rings. The van der Waals surface area contributed by atoms with E-state index in [1.165, 1.54) is 12.8 Å². The summed E-state index contributed by atoms with van der Waals surface area (Å²) in [6, 6.07) is -0.337. The number of urea groups is 1. The summed E-state index contributed by atoms with van der Waals surface area (Å²) < 4.78 is 0. The number of hydroxylamine groups is 1. The topological polar surface area (TPSA) is 70.6 Å². The highest BCUT2D eigenvalue weighted by molar-refractivity contribution is 5.73. The van der Waals surface area contributed by atoms with Gasteiger partial charge in [0.1, 0.15) is 0 Å². The third-order valence-corrected chi connectivity index (χ3v) is 3.18. The van der Waals surface area contributed by atoms with Crippen LogP contribution in [0.1, 0.15) is 46.0 Å². The fraction of sp³-hybridized carbons (Fsp3) is 0.917. The van der Waals surface area contributed by atoms with Crippen molar-refractivity contribution >= 4 is 6.03 Å². The van der Waals surface area contributed by atoms with E-state index in [1.807, 2.05) is 13.8 Å². The number of hydrogen-bond donors (Lipinski definition) is 3. The minimum absolute atomic E-state index is 0.0211. The molecule has 1 aliphatic carbocycles. The van der Waals surface area contributed by atoms with E-state index in [-0.39, 0.29) is 24.8 Å². The second-order valence-corrected chi connectivity index (χ2v) is 4.96. The molecule has 0 aromatic rings. The third kappa shape index (κ3) is 5.37. The summed E-state index contributed by atoms with van der Waals surface area (Å²) in [6.45, 7) is 4.10. The van der Waals surface area contributed by atoms with Gasteiger partial charge in [-0.05, 0) is 25.2 Å². The first-order valence-corrected chi connectivity index (χ1v) is 6.46. The number of aliphatic hydroxyl groups is 1. The summed E-state index contributed by atoms with van der Waals surface area (Å²) in [5.41, 5.74) is 2.44. The Labute approximate surface area is 103 Å². The minimum Gasteiger partial charge on any atom is -0.396 e. The fourth-order valence-corrected chi connectivity index (χ4v) is 2.05. The quantitative estimate of drug-likeness (QED) is 0.621. The monoisotopic (exact) mass is 244 g/mol. The Kier molecular flexibility index (Phi) is 6.29. The molecule has 1 rings (SSSR count). The van der Waals surface area contributed by atoms with Gasteiger partial charge in [0.05, 0.1) is 6.10 Å². The SMILES string of the molecule is CC(C)C(CCO)NC(=O)NOC1CCCC1. The summed E-state index contributed by atoms with van der Waals surface area (Å²) in [6.07, 6.45) is 5.11. The van der Waals surface area contributed by atoms with E-state index in [4.69, 9.17) is 9.94 Å². The number of hydrogen-bond acceptors (Lipinski definition) is 3. The number of rotatable bonds is 6. The van der Waals surface area contributed by atoms with E-state index < -0.39 is 0 Å². The third-order valence-electron chi connectivity index (χ3n) is 3.18. The van der Waals surface area contributed by atoms with Gasteiger partial charge in [0.2, 0.25) is 0 Å². The fourth-order valence-electron chi connectivity index (χ4n) is 2.05. The lowest BCUT2D eigenvalue weighted by molar-refractivity contribution is -0.000915. The van der Waals surface area contributed by atoms with E-state index >= 15 is 0 Å². The van der Waals surface area contributed by atoms with Gasteiger partial charge in [0.15, 0.2) is 0 Å². The number of aliphatic hydroxyl groups excluding tert-OH is 1. The molecule has 0 heterocycles. The van der Waals surface area contributed by atoms with Crippen molar-refractivity contribution in [1.82, 2.24) is 10.8 Å². The van der Waals surface area contributed by atoms with Crippen LogP contribution in [0.5, 0.6) is 0 Å². The second kappa shape index (κ2) is 7.50. The van der Waals surface area contributed by atoms with Gasteiger partial charge in [-0.2, -0.15) is 0 Å². The number of carbonyl (C=O) groups excluding carboxylic acids is 1. The number of nitrogens with one attached hydrogen (secondary N) is 2. The van der Waals surface area contributed by atoms with Crippen molar-refractivity contribution in [2.45, 2.75) is 58.1 Å². The normalized spacial score (nSPS) is 18.4. The molecule has 1 unspecified atom stereocenters. The van der Waals surface area contributed by atoms with Crippen molar-refractivity contribution in [3.63, 3.8) is 0 Å². The van der Waals surface area contributed by atoms with Gasteiger partial charge in [-0.15, -0.1) is 0 Å². The van der Waals surface area contributed by atoms with Crippen molar-refractivity contribution in [3.8, 4) is 0 Å². The van der Waals surface area contributed by atoms with Crippen LogP contribution >= 0.6 is 0 Å². The van der Waals surface area contributed by atoms with Gasteiger partial charge >= 0.3 is 6.03 Å². The van der Waals surface area contributed by atoms with E-state index in [1.54, 1.807) is 0 Å². The maximum absolute atomic E-state index is 11.6. The Bertz CT molecular complexity index is 228. The maximum Gasteiger partial charge on any atom is 0.338 e. The highest BCUT2D eigenvalue weighted by atomic mass is 16.7. The Balaban J connectivity index is 2.21. The molecule has 0 radical (unpaired) electrons. The highest BCUT2D eigenvalue weighted by Crippen LogP contribution is 2.19. The van der Waals surface area contributed by atoms with Crippen molar-refractivity contribution in [2.24, 2.45) is 5.92 Å². The zero-order valence-corrected chi connectivity index (χ0v) is 10.7. The van der Waals surface area contributed by atoms with Crippen LogP contribution in [-0.4, -0.2) is 29.9 Å². The van der Waals surface area contributed by atoms with Crippen LogP contribution in [-0.2, 0) is 4.84 Å². The van der Waals surface area contributed by atoms with Gasteiger partial charge in [0.25, 0.3) is 0 Å². The first kappa shape index (κ1) is 14.3. The lowest BCUT2D eigenvalue weighted by atomic mass is 10.0. The van der Waals surface area contributed by atoms with Crippen LogP contribution < -0.4 is 10.8 Å². The lowest BCUT2D eigenvalue weighted by Crippen LogP contribution is -2.45. The van der Waals surface area contributed by atoms with Crippen LogP contribution in [0, 0.1) is 5.92 Å². The second-order valence-electron chi connectivity index (χ2n) is 4.96. The zero-order chi connectivity index (χ0) is 12.7. The molecular weight excluding hydrogens is 220 g/mol. The van der Waals surface area contributed by atoms with Crippen LogP contribution in [0.15, 0.2) is 0 Å². The summed E-state index contributed by atoms with van der Waals surface area (Å²) in [4.78, 5) is 16.9. The molecule has 2 amide bonds. The Hall–Kier alpha value is -0.810. The predicted octanol–water partition coefficient (Wildman–Crippen LogP) is 1.57. The molecule has 5 heteroatoms. The average molecular weight is 244 g/mol. The number of amides is 2. The molecule has 1 saturated carbocycles. The molecule has 0 saturated heterocycles. The van der Waals surface area contributed by atoms with Gasteiger partial charge in [-0.1, -0.05) is 26.7 Å². The largest absolute Gasteiger partial charge is 0.396 e. The Morgan fingerprint density at radius 3 is 2.59 bits per heavy atom. The highest BCUT2D eigenvalue weighted by Gasteiger charge is 2.19. The standard InChI is InChI=1S/C12H24N2O3/c1-9(2)11(7-8-15)13-12(16)14-17-10-5-3-4-6-10/h9-11,15H,3-8H2,1-2H3,(H2,13,14,16). The van der Waals surface area contributed by atoms with Crippen LogP contribution in [0.2, 0.25) is 0 Å². The molecule has 100 valence electrons. The number of carbonyl (C=O) groups is 1. The molecule has 17 heavy (non-hydrogen) atoms. The molecule has 5 nitrogen and oxygen atoms in total. The van der Waals surface area contributed by atoms with E-state index in [2.05, 4.69) is 10.8 Å². The Morgan fingerprint density at radius 1 is 1.41 bits per heavy atom. The van der Waals surface area contributed by atoms with Crippen molar-refractivity contribution in [1.29, 1.82) is 0 Å². The summed E-state index contributed by atoms with van der Waals surface area (Å²) in [7, 11) is 0. The van der Waals surface area contributed by atoms with Gasteiger partial charge < -0.3 is 10.4 Å². The Morgan fingerprint density at radius 2 is 2.06 bits per heavy atom. The van der Waals surface area contributed by atoms with Crippen LogP contribution in [0.3, 0.4) is 0 Å². The van der Waals surface area contributed by atoms with Gasteiger partial charge in [-0.25, -0.2) is 10.3 Å². The molecular formula is C12H24N2O3. The first-order chi connectivity index (χ1) is 8.13. The van der Waals surface area contributed by atoms with Gasteiger partial charge in [0, 0.05) is 12.6 Å². The minimum atomic E-state index is -0.316. The van der Waals surface area contributed by atoms with E-state index in [0.29, 0.717) is 12.3 Å². The molecule has 1 fully saturated rings. The average Bonchev–Trinajstić information content (AvgIpc) is 2.78. The zero-order valence-electron chi connectivity index (χ0n) is 10.7. The lowest BCUT2D eigenvalue weighted by Gasteiger charge is -2.22. The van der Waals surface area contributed by atoms with Gasteiger partial charge in [-0.3, -0.25) is 4.84 Å². The van der Waals surface area contributed by atoms with E-state index in [0.717, 1.165) is 12.8 Å². The molecule has 0 aliphatic heterocycles. The molecule has 3 N–H and O–H groups in total. The molecule has 0 aromatic heterocycles. The predicted molar refractivity (Wildman–Crippen MR) is 65.3 cm³/mol. The molecule has 1 atom stereocenters. The molecule has 0 aromatic carbocycles.